The number of benzene rings is 1. The van der Waals surface area contributed by atoms with Crippen LogP contribution >= 0.6 is 0 Å². The Morgan fingerprint density at radius 1 is 1.12 bits per heavy atom. The van der Waals surface area contributed by atoms with E-state index in [2.05, 4.69) is 57.1 Å². The lowest BCUT2D eigenvalue weighted by Crippen LogP contribution is -2.21. The largest absolute Gasteiger partial charge is 0.310 e. The fourth-order valence-corrected chi connectivity index (χ4v) is 3.16. The van der Waals surface area contributed by atoms with Gasteiger partial charge in [-0.3, -0.25) is 4.98 Å². The van der Waals surface area contributed by atoms with Gasteiger partial charge >= 0.3 is 0 Å². The third-order valence-electron chi connectivity index (χ3n) is 4.43. The second kappa shape index (κ2) is 6.42. The van der Waals surface area contributed by atoms with E-state index in [4.69, 9.17) is 0 Å². The van der Waals surface area contributed by atoms with Gasteiger partial charge in [0, 0.05) is 49.2 Å². The van der Waals surface area contributed by atoms with Gasteiger partial charge in [0.1, 0.15) is 5.65 Å². The Bertz CT molecular complexity index is 935. The number of hydrogen-bond donors (Lipinski definition) is 1. The van der Waals surface area contributed by atoms with E-state index >= 15 is 0 Å². The lowest BCUT2D eigenvalue weighted by Gasteiger charge is -2.16. The van der Waals surface area contributed by atoms with Gasteiger partial charge in [-0.15, -0.1) is 0 Å². The molecule has 0 aliphatic carbocycles. The first-order chi connectivity index (χ1) is 11.8. The van der Waals surface area contributed by atoms with Crippen LogP contribution in [0.1, 0.15) is 24.2 Å². The van der Waals surface area contributed by atoms with Crippen molar-refractivity contribution in [1.29, 1.82) is 0 Å². The molecule has 1 unspecified atom stereocenters. The normalized spacial score (nSPS) is 12.7. The zero-order chi connectivity index (χ0) is 16.4. The smallest absolute Gasteiger partial charge is 0.136 e. The molecule has 4 rings (SSSR count). The van der Waals surface area contributed by atoms with Crippen LogP contribution in [0, 0.1) is 0 Å². The van der Waals surface area contributed by atoms with Gasteiger partial charge in [0.2, 0.25) is 0 Å². The fourth-order valence-electron chi connectivity index (χ4n) is 3.16. The van der Waals surface area contributed by atoms with E-state index in [0.29, 0.717) is 0 Å². The van der Waals surface area contributed by atoms with Gasteiger partial charge < -0.3 is 9.72 Å². The van der Waals surface area contributed by atoms with Crippen LogP contribution in [0.15, 0.2) is 67.3 Å². The number of nitrogens with one attached hydrogen (secondary N) is 1. The molecule has 3 aromatic heterocycles. The van der Waals surface area contributed by atoms with Crippen LogP contribution in [0.2, 0.25) is 0 Å². The second-order valence-electron chi connectivity index (χ2n) is 6.07. The molecule has 24 heavy (non-hydrogen) atoms. The number of fused-ring (bicyclic) bond motifs is 2. The van der Waals surface area contributed by atoms with Crippen LogP contribution in [0.25, 0.3) is 16.4 Å². The molecule has 4 nitrogen and oxygen atoms in total. The molecule has 120 valence electrons. The number of nitrogens with zero attached hydrogens (tertiary/aromatic N) is 3. The lowest BCUT2D eigenvalue weighted by atomic mass is 10.0. The number of aromatic nitrogens is 3. The number of pyridine rings is 2. The molecule has 0 amide bonds. The molecule has 0 spiro atoms. The Kier molecular flexibility index (Phi) is 3.97. The van der Waals surface area contributed by atoms with Crippen molar-refractivity contribution in [2.24, 2.45) is 0 Å². The Hall–Kier alpha value is -2.72. The second-order valence-corrected chi connectivity index (χ2v) is 6.07. The van der Waals surface area contributed by atoms with Crippen molar-refractivity contribution in [2.45, 2.75) is 19.4 Å². The van der Waals surface area contributed by atoms with Crippen molar-refractivity contribution in [3.8, 4) is 0 Å². The number of imidazole rings is 1. The van der Waals surface area contributed by atoms with Gasteiger partial charge in [-0.1, -0.05) is 24.3 Å². The van der Waals surface area contributed by atoms with E-state index in [1.165, 1.54) is 16.3 Å². The van der Waals surface area contributed by atoms with Crippen LogP contribution in [0.3, 0.4) is 0 Å². The maximum Gasteiger partial charge on any atom is 0.136 e. The maximum atomic E-state index is 4.65. The summed E-state index contributed by atoms with van der Waals surface area (Å²) in [6.07, 6.45) is 8.83. The number of hydrogen-bond acceptors (Lipinski definition) is 3. The van der Waals surface area contributed by atoms with Gasteiger partial charge in [0.15, 0.2) is 0 Å². The van der Waals surface area contributed by atoms with E-state index in [0.717, 1.165) is 24.3 Å². The topological polar surface area (TPSA) is 42.2 Å². The molecule has 1 aromatic carbocycles. The van der Waals surface area contributed by atoms with Crippen LogP contribution in [-0.2, 0) is 6.42 Å². The highest BCUT2D eigenvalue weighted by Crippen LogP contribution is 2.23. The van der Waals surface area contributed by atoms with Gasteiger partial charge in [-0.2, -0.15) is 0 Å². The van der Waals surface area contributed by atoms with Crippen molar-refractivity contribution < 1.29 is 0 Å². The van der Waals surface area contributed by atoms with Crippen molar-refractivity contribution >= 4 is 16.4 Å². The van der Waals surface area contributed by atoms with Crippen LogP contribution in [0.5, 0.6) is 0 Å². The summed E-state index contributed by atoms with van der Waals surface area (Å²) in [7, 11) is 0. The molecule has 3 heterocycles. The van der Waals surface area contributed by atoms with Gasteiger partial charge in [0.25, 0.3) is 0 Å². The molecule has 0 aliphatic rings. The van der Waals surface area contributed by atoms with Crippen molar-refractivity contribution in [2.75, 3.05) is 6.54 Å². The minimum atomic E-state index is 0.285. The minimum Gasteiger partial charge on any atom is -0.310 e. The van der Waals surface area contributed by atoms with Crippen molar-refractivity contribution in [3.05, 3.63) is 78.5 Å². The SMILES string of the molecule is CC(NCCc1cn2ccccc2n1)c1cccc2cnccc12. The van der Waals surface area contributed by atoms with Crippen molar-refractivity contribution in [3.63, 3.8) is 0 Å². The Morgan fingerprint density at radius 2 is 2.08 bits per heavy atom. The van der Waals surface area contributed by atoms with E-state index < -0.39 is 0 Å². The zero-order valence-corrected chi connectivity index (χ0v) is 13.7. The monoisotopic (exact) mass is 316 g/mol. The summed E-state index contributed by atoms with van der Waals surface area (Å²) in [5.41, 5.74) is 3.43. The Labute approximate surface area is 141 Å². The van der Waals surface area contributed by atoms with Gasteiger partial charge in [-0.05, 0) is 36.1 Å². The van der Waals surface area contributed by atoms with Crippen LogP contribution < -0.4 is 5.32 Å². The first-order valence-electron chi connectivity index (χ1n) is 8.30. The summed E-state index contributed by atoms with van der Waals surface area (Å²) in [6.45, 7) is 3.10. The molecule has 4 aromatic rings. The summed E-state index contributed by atoms with van der Waals surface area (Å²) < 4.78 is 2.07. The molecule has 0 radical (unpaired) electrons. The Morgan fingerprint density at radius 3 is 3.00 bits per heavy atom. The summed E-state index contributed by atoms with van der Waals surface area (Å²) in [5.74, 6) is 0. The lowest BCUT2D eigenvalue weighted by molar-refractivity contribution is 0.578. The van der Waals surface area contributed by atoms with E-state index in [1.807, 2.05) is 36.8 Å². The average molecular weight is 316 g/mol. The maximum absolute atomic E-state index is 4.65. The first kappa shape index (κ1) is 14.8. The molecule has 1 N–H and O–H groups in total. The molecule has 4 heteroatoms. The molecule has 0 saturated heterocycles. The zero-order valence-electron chi connectivity index (χ0n) is 13.7. The van der Waals surface area contributed by atoms with Crippen LogP contribution in [0.4, 0.5) is 0 Å². The molecule has 0 aliphatic heterocycles. The minimum absolute atomic E-state index is 0.285. The van der Waals surface area contributed by atoms with Crippen molar-refractivity contribution in [1.82, 2.24) is 19.7 Å². The average Bonchev–Trinajstić information content (AvgIpc) is 3.04. The fraction of sp³-hybridized carbons (Fsp3) is 0.200. The molecule has 0 saturated carbocycles. The molecule has 0 fully saturated rings. The highest BCUT2D eigenvalue weighted by Gasteiger charge is 2.09. The summed E-state index contributed by atoms with van der Waals surface area (Å²) in [4.78, 5) is 8.85. The highest BCUT2D eigenvalue weighted by molar-refractivity contribution is 5.85. The molecular weight excluding hydrogens is 296 g/mol. The predicted molar refractivity (Wildman–Crippen MR) is 97.1 cm³/mol. The molecule has 1 atom stereocenters. The third-order valence-corrected chi connectivity index (χ3v) is 4.43. The summed E-state index contributed by atoms with van der Waals surface area (Å²) in [5, 5.41) is 6.06. The number of rotatable bonds is 5. The van der Waals surface area contributed by atoms with E-state index in [9.17, 15) is 0 Å². The summed E-state index contributed by atoms with van der Waals surface area (Å²) in [6, 6.07) is 14.8. The van der Waals surface area contributed by atoms with Crippen LogP contribution in [-0.4, -0.2) is 20.9 Å². The molecule has 0 bridgehead atoms. The highest BCUT2D eigenvalue weighted by atomic mass is 15.0. The third kappa shape index (κ3) is 2.88. The quantitative estimate of drug-likeness (QED) is 0.609. The summed E-state index contributed by atoms with van der Waals surface area (Å²) >= 11 is 0. The van der Waals surface area contributed by atoms with Gasteiger partial charge in [0.05, 0.1) is 5.69 Å². The van der Waals surface area contributed by atoms with E-state index in [1.54, 1.807) is 0 Å². The predicted octanol–water partition coefficient (Wildman–Crippen LogP) is 3.78. The standard InChI is InChI=1S/C20H20N4/c1-15(18-6-4-5-16-13-21-10-9-19(16)18)22-11-8-17-14-24-12-3-2-7-20(24)23-17/h2-7,9-10,12-15,22H,8,11H2,1H3. The molecular formula is C20H20N4. The Balaban J connectivity index is 1.45. The first-order valence-corrected chi connectivity index (χ1v) is 8.30. The van der Waals surface area contributed by atoms with Gasteiger partial charge in [-0.25, -0.2) is 4.98 Å². The van der Waals surface area contributed by atoms with E-state index in [-0.39, 0.29) is 6.04 Å².